The van der Waals surface area contributed by atoms with Crippen LogP contribution in [-0.4, -0.2) is 41.8 Å². The van der Waals surface area contributed by atoms with Gasteiger partial charge < -0.3 is 9.88 Å². The molecule has 1 amide bonds. The number of imidazole rings is 1. The van der Waals surface area contributed by atoms with Gasteiger partial charge in [-0.25, -0.2) is 13.4 Å². The number of carbonyl (C=O) groups excluding carboxylic acids is 1. The molecule has 8 heteroatoms. The maximum atomic E-state index is 12.7. The molecule has 3 heterocycles. The molecule has 7 nitrogen and oxygen atoms in total. The number of benzene rings is 1. The Morgan fingerprint density at radius 2 is 2.13 bits per heavy atom. The van der Waals surface area contributed by atoms with Crippen LogP contribution in [0.5, 0.6) is 0 Å². The number of nitrogens with zero attached hydrogens (tertiary/aromatic N) is 2. The average Bonchev–Trinajstić information content (AvgIpc) is 3.01. The summed E-state index contributed by atoms with van der Waals surface area (Å²) in [6, 6.07) is 6.05. The molecular formula is C15H16N4O3S. The van der Waals surface area contributed by atoms with Gasteiger partial charge in [-0.1, -0.05) is 18.2 Å². The topological polar surface area (TPSA) is 95.2 Å². The lowest BCUT2D eigenvalue weighted by Gasteiger charge is -2.32. The zero-order valence-electron chi connectivity index (χ0n) is 12.3. The fourth-order valence-electron chi connectivity index (χ4n) is 3.21. The lowest BCUT2D eigenvalue weighted by Crippen LogP contribution is -2.52. The third-order valence-electron chi connectivity index (χ3n) is 4.37. The van der Waals surface area contributed by atoms with E-state index >= 15 is 0 Å². The van der Waals surface area contributed by atoms with Crippen molar-refractivity contribution in [3.8, 4) is 0 Å². The molecule has 0 unspecified atom stereocenters. The maximum Gasteiger partial charge on any atom is 0.241 e. The Bertz CT molecular complexity index is 874. The Labute approximate surface area is 133 Å². The summed E-state index contributed by atoms with van der Waals surface area (Å²) < 4.78 is 27.2. The Balaban J connectivity index is 1.59. The number of aromatic nitrogens is 2. The van der Waals surface area contributed by atoms with E-state index in [1.54, 1.807) is 35.5 Å². The van der Waals surface area contributed by atoms with E-state index in [0.717, 1.165) is 11.4 Å². The molecule has 2 aromatic rings. The maximum absolute atomic E-state index is 12.7. The zero-order chi connectivity index (χ0) is 16.0. The van der Waals surface area contributed by atoms with Gasteiger partial charge in [0.05, 0.1) is 29.2 Å². The molecule has 0 fully saturated rings. The largest absolute Gasteiger partial charge is 0.347 e. The second-order valence-corrected chi connectivity index (χ2v) is 7.51. The van der Waals surface area contributed by atoms with Gasteiger partial charge >= 0.3 is 0 Å². The second-order valence-electron chi connectivity index (χ2n) is 5.82. The molecule has 2 aliphatic rings. The lowest BCUT2D eigenvalue weighted by molar-refractivity contribution is -0.134. The summed E-state index contributed by atoms with van der Waals surface area (Å²) in [6.45, 7) is 0.991. The molecule has 0 saturated carbocycles. The molecule has 0 spiro atoms. The first kappa shape index (κ1) is 14.4. The molecule has 0 aliphatic carbocycles. The van der Waals surface area contributed by atoms with Gasteiger partial charge in [-0.15, -0.1) is 0 Å². The number of rotatable bonds is 1. The highest BCUT2D eigenvalue weighted by Crippen LogP contribution is 2.24. The number of sulfonamides is 1. The highest BCUT2D eigenvalue weighted by molar-refractivity contribution is 7.89. The predicted molar refractivity (Wildman–Crippen MR) is 82.0 cm³/mol. The van der Waals surface area contributed by atoms with Crippen molar-refractivity contribution in [2.45, 2.75) is 30.3 Å². The molecule has 1 aromatic heterocycles. The first-order valence-electron chi connectivity index (χ1n) is 7.45. The fourth-order valence-corrected chi connectivity index (χ4v) is 4.65. The summed E-state index contributed by atoms with van der Waals surface area (Å²) >= 11 is 0. The van der Waals surface area contributed by atoms with Crippen LogP contribution >= 0.6 is 0 Å². The minimum absolute atomic E-state index is 0.191. The van der Waals surface area contributed by atoms with Crippen molar-refractivity contribution in [2.75, 3.05) is 6.54 Å². The molecule has 120 valence electrons. The summed E-state index contributed by atoms with van der Waals surface area (Å²) in [4.78, 5) is 21.9. The highest BCUT2D eigenvalue weighted by Gasteiger charge is 2.36. The highest BCUT2D eigenvalue weighted by atomic mass is 32.2. The molecule has 2 aliphatic heterocycles. The van der Waals surface area contributed by atoms with E-state index in [9.17, 15) is 13.2 Å². The lowest BCUT2D eigenvalue weighted by atomic mass is 10.0. The monoisotopic (exact) mass is 332 g/mol. The summed E-state index contributed by atoms with van der Waals surface area (Å²) in [5.41, 5.74) is 2.58. The first-order valence-corrected chi connectivity index (χ1v) is 8.93. The minimum Gasteiger partial charge on any atom is -0.347 e. The van der Waals surface area contributed by atoms with Crippen LogP contribution in [0.3, 0.4) is 0 Å². The molecule has 0 bridgehead atoms. The van der Waals surface area contributed by atoms with Crippen LogP contribution in [0.15, 0.2) is 35.5 Å². The van der Waals surface area contributed by atoms with Crippen molar-refractivity contribution >= 4 is 15.9 Å². The molecule has 4 rings (SSSR count). The summed E-state index contributed by atoms with van der Waals surface area (Å²) in [5, 5.41) is 0. The second kappa shape index (κ2) is 5.17. The quantitative estimate of drug-likeness (QED) is 0.780. The predicted octanol–water partition coefficient (Wildman–Crippen LogP) is 0.198. The van der Waals surface area contributed by atoms with E-state index in [-0.39, 0.29) is 10.8 Å². The Morgan fingerprint density at radius 3 is 3.00 bits per heavy atom. The van der Waals surface area contributed by atoms with Crippen molar-refractivity contribution in [2.24, 2.45) is 0 Å². The molecule has 1 atom stereocenters. The van der Waals surface area contributed by atoms with Gasteiger partial charge in [0.25, 0.3) is 0 Å². The summed E-state index contributed by atoms with van der Waals surface area (Å²) in [7, 11) is -3.64. The van der Waals surface area contributed by atoms with E-state index < -0.39 is 16.1 Å². The van der Waals surface area contributed by atoms with E-state index in [2.05, 4.69) is 14.7 Å². The molecule has 0 radical (unpaired) electrons. The smallest absolute Gasteiger partial charge is 0.241 e. The average molecular weight is 332 g/mol. The van der Waals surface area contributed by atoms with Crippen LogP contribution in [0, 0.1) is 0 Å². The number of nitrogens with one attached hydrogen (secondary N) is 2. The van der Waals surface area contributed by atoms with E-state index in [0.29, 0.717) is 31.5 Å². The van der Waals surface area contributed by atoms with Gasteiger partial charge in [-0.05, 0) is 18.1 Å². The van der Waals surface area contributed by atoms with Crippen LogP contribution in [0.4, 0.5) is 0 Å². The van der Waals surface area contributed by atoms with Crippen molar-refractivity contribution < 1.29 is 13.2 Å². The van der Waals surface area contributed by atoms with Gasteiger partial charge in [0.2, 0.25) is 15.9 Å². The third-order valence-corrected chi connectivity index (χ3v) is 5.94. The van der Waals surface area contributed by atoms with Gasteiger partial charge in [0.15, 0.2) is 0 Å². The number of hydrogen-bond donors (Lipinski definition) is 2. The number of fused-ring (bicyclic) bond motifs is 2. The number of hydrogen-bond acceptors (Lipinski definition) is 4. The van der Waals surface area contributed by atoms with Crippen LogP contribution in [-0.2, 0) is 34.2 Å². The normalized spacial score (nSPS) is 22.3. The van der Waals surface area contributed by atoms with Gasteiger partial charge in [0.1, 0.15) is 6.04 Å². The summed E-state index contributed by atoms with van der Waals surface area (Å²) in [5.74, 6) is -0.191. The third kappa shape index (κ3) is 2.43. The number of aromatic amines is 1. The van der Waals surface area contributed by atoms with Crippen LogP contribution in [0.1, 0.15) is 17.0 Å². The number of H-pyrrole nitrogens is 1. The minimum atomic E-state index is -3.64. The molecule has 23 heavy (non-hydrogen) atoms. The molecule has 2 N–H and O–H groups in total. The van der Waals surface area contributed by atoms with Gasteiger partial charge in [-0.2, -0.15) is 4.72 Å². The van der Waals surface area contributed by atoms with Crippen LogP contribution in [0.2, 0.25) is 0 Å². The van der Waals surface area contributed by atoms with Crippen molar-refractivity contribution in [1.82, 2.24) is 19.6 Å². The van der Waals surface area contributed by atoms with Gasteiger partial charge in [0, 0.05) is 13.0 Å². The van der Waals surface area contributed by atoms with Crippen molar-refractivity contribution in [3.63, 3.8) is 0 Å². The van der Waals surface area contributed by atoms with Gasteiger partial charge in [-0.3, -0.25) is 4.79 Å². The van der Waals surface area contributed by atoms with Crippen molar-refractivity contribution in [1.29, 1.82) is 0 Å². The van der Waals surface area contributed by atoms with Crippen molar-refractivity contribution in [3.05, 3.63) is 47.5 Å². The van der Waals surface area contributed by atoms with E-state index in [4.69, 9.17) is 0 Å². The number of amides is 1. The molecule has 0 saturated heterocycles. The standard InChI is InChI=1S/C15H16N4O3S/c20-15(19-6-5-11-13(8-19)17-9-16-11)12-7-10-3-1-2-4-14(10)23(21,22)18-12/h1-4,9,12,18H,5-8H2,(H,16,17)/t12-/m0/s1. The van der Waals surface area contributed by atoms with E-state index in [1.807, 2.05) is 0 Å². The summed E-state index contributed by atoms with van der Waals surface area (Å²) in [6.07, 6.45) is 2.68. The van der Waals surface area contributed by atoms with Crippen LogP contribution in [0.25, 0.3) is 0 Å². The number of carbonyl (C=O) groups is 1. The SMILES string of the molecule is O=C([C@@H]1Cc2ccccc2S(=O)(=O)N1)N1CCc2nc[nH]c2C1. The zero-order valence-corrected chi connectivity index (χ0v) is 13.1. The fraction of sp³-hybridized carbons (Fsp3) is 0.333. The molecular weight excluding hydrogens is 316 g/mol. The van der Waals surface area contributed by atoms with E-state index in [1.165, 1.54) is 0 Å². The Hall–Kier alpha value is -2.19. The Kier molecular flexibility index (Phi) is 3.24. The first-order chi connectivity index (χ1) is 11.0. The molecule has 1 aromatic carbocycles. The van der Waals surface area contributed by atoms with Crippen LogP contribution < -0.4 is 4.72 Å². The Morgan fingerprint density at radius 1 is 1.30 bits per heavy atom.